The number of amides is 2. The van der Waals surface area contributed by atoms with Crippen molar-refractivity contribution in [2.45, 2.75) is 56.6 Å². The van der Waals surface area contributed by atoms with Crippen LogP contribution in [0.5, 0.6) is 0 Å². The summed E-state index contributed by atoms with van der Waals surface area (Å²) in [5.41, 5.74) is 2.05. The number of nitrogens with one attached hydrogen (secondary N) is 1. The highest BCUT2D eigenvalue weighted by Gasteiger charge is 2.41. The second-order valence-corrected chi connectivity index (χ2v) is 11.0. The van der Waals surface area contributed by atoms with Gasteiger partial charge in [-0.15, -0.1) is 0 Å². The Labute approximate surface area is 195 Å². The summed E-state index contributed by atoms with van der Waals surface area (Å²) >= 11 is 0. The number of sulfonamides is 1. The smallest absolute Gasteiger partial charge is 0.243 e. The van der Waals surface area contributed by atoms with Crippen LogP contribution in [0.1, 0.15) is 37.3 Å². The molecule has 2 aliphatic heterocycles. The van der Waals surface area contributed by atoms with Gasteiger partial charge in [0.25, 0.3) is 0 Å². The second-order valence-electron chi connectivity index (χ2n) is 9.11. The summed E-state index contributed by atoms with van der Waals surface area (Å²) in [6, 6.07) is 15.6. The number of hydrogen-bond donors (Lipinski definition) is 1. The molecule has 0 unspecified atom stereocenters. The highest BCUT2D eigenvalue weighted by atomic mass is 32.2. The van der Waals surface area contributed by atoms with Gasteiger partial charge in [0.2, 0.25) is 21.8 Å². The number of carbonyl (C=O) groups excluding carboxylic acids is 2. The van der Waals surface area contributed by atoms with E-state index in [-0.39, 0.29) is 28.7 Å². The Morgan fingerprint density at radius 3 is 2.52 bits per heavy atom. The van der Waals surface area contributed by atoms with Crippen LogP contribution in [0.3, 0.4) is 0 Å². The average Bonchev–Trinajstić information content (AvgIpc) is 3.43. The van der Waals surface area contributed by atoms with Gasteiger partial charge in [0.1, 0.15) is 6.04 Å². The van der Waals surface area contributed by atoms with Gasteiger partial charge in [0, 0.05) is 38.0 Å². The molecule has 0 radical (unpaired) electrons. The number of likely N-dealkylation sites (tertiary alicyclic amines) is 1. The minimum absolute atomic E-state index is 0.00581. The van der Waals surface area contributed by atoms with E-state index >= 15 is 0 Å². The fourth-order valence-electron chi connectivity index (χ4n) is 4.67. The summed E-state index contributed by atoms with van der Waals surface area (Å²) in [6.45, 7) is 5.26. The fourth-order valence-corrected chi connectivity index (χ4v) is 6.32. The van der Waals surface area contributed by atoms with Crippen molar-refractivity contribution in [1.82, 2.24) is 14.5 Å². The molecule has 2 saturated heterocycles. The monoisotopic (exact) mass is 469 g/mol. The zero-order chi connectivity index (χ0) is 23.6. The van der Waals surface area contributed by atoms with Crippen molar-refractivity contribution in [3.05, 3.63) is 65.7 Å². The van der Waals surface area contributed by atoms with Crippen LogP contribution in [0.4, 0.5) is 0 Å². The first-order valence-electron chi connectivity index (χ1n) is 11.5. The summed E-state index contributed by atoms with van der Waals surface area (Å²) in [5, 5.41) is 3.01. The molecule has 7 nitrogen and oxygen atoms in total. The summed E-state index contributed by atoms with van der Waals surface area (Å²) in [5.74, 6) is -0.215. The van der Waals surface area contributed by atoms with Crippen LogP contribution in [0, 0.1) is 12.8 Å². The van der Waals surface area contributed by atoms with Crippen LogP contribution in [-0.2, 0) is 26.2 Å². The number of hydrogen-bond acceptors (Lipinski definition) is 4. The normalized spacial score (nSPS) is 22.5. The van der Waals surface area contributed by atoms with Crippen molar-refractivity contribution in [1.29, 1.82) is 0 Å². The van der Waals surface area contributed by atoms with Crippen LogP contribution in [0.25, 0.3) is 0 Å². The van der Waals surface area contributed by atoms with E-state index in [2.05, 4.69) is 5.32 Å². The summed E-state index contributed by atoms with van der Waals surface area (Å²) in [4.78, 5) is 27.7. The summed E-state index contributed by atoms with van der Waals surface area (Å²) in [6.07, 6.45) is 1.52. The van der Waals surface area contributed by atoms with Crippen LogP contribution in [-0.4, -0.2) is 54.6 Å². The van der Waals surface area contributed by atoms with E-state index in [1.54, 1.807) is 24.3 Å². The first-order valence-corrected chi connectivity index (χ1v) is 12.9. The van der Waals surface area contributed by atoms with Crippen molar-refractivity contribution >= 4 is 21.8 Å². The minimum Gasteiger partial charge on any atom is -0.352 e. The van der Waals surface area contributed by atoms with Crippen LogP contribution >= 0.6 is 0 Å². The molecule has 2 amide bonds. The maximum absolute atomic E-state index is 13.2. The molecular formula is C25H31N3O4S. The van der Waals surface area contributed by atoms with Crippen molar-refractivity contribution in [3.8, 4) is 0 Å². The zero-order valence-corrected chi connectivity index (χ0v) is 19.9. The van der Waals surface area contributed by atoms with E-state index in [9.17, 15) is 18.0 Å². The van der Waals surface area contributed by atoms with Crippen molar-refractivity contribution in [3.63, 3.8) is 0 Å². The van der Waals surface area contributed by atoms with Gasteiger partial charge in [-0.25, -0.2) is 8.42 Å². The Morgan fingerprint density at radius 2 is 1.82 bits per heavy atom. The van der Waals surface area contributed by atoms with E-state index in [0.717, 1.165) is 11.1 Å². The molecule has 0 aliphatic carbocycles. The quantitative estimate of drug-likeness (QED) is 0.676. The second kappa shape index (κ2) is 9.65. The molecule has 2 aromatic carbocycles. The molecule has 176 valence electrons. The minimum atomic E-state index is -3.75. The van der Waals surface area contributed by atoms with Crippen LogP contribution in [0.15, 0.2) is 59.5 Å². The van der Waals surface area contributed by atoms with E-state index in [0.29, 0.717) is 38.9 Å². The van der Waals surface area contributed by atoms with Gasteiger partial charge in [-0.1, -0.05) is 48.0 Å². The van der Waals surface area contributed by atoms with E-state index in [1.807, 2.05) is 49.1 Å². The van der Waals surface area contributed by atoms with E-state index in [4.69, 9.17) is 0 Å². The summed E-state index contributed by atoms with van der Waals surface area (Å²) < 4.78 is 27.6. The Hall–Kier alpha value is -2.71. The molecule has 2 aromatic rings. The average molecular weight is 470 g/mol. The lowest BCUT2D eigenvalue weighted by molar-refractivity contribution is -0.128. The molecule has 0 aromatic heterocycles. The number of carbonyl (C=O) groups is 2. The van der Waals surface area contributed by atoms with Gasteiger partial charge >= 0.3 is 0 Å². The molecule has 33 heavy (non-hydrogen) atoms. The predicted octanol–water partition coefficient (Wildman–Crippen LogP) is 2.70. The van der Waals surface area contributed by atoms with Gasteiger partial charge in [-0.2, -0.15) is 4.31 Å². The first kappa shape index (κ1) is 23.4. The summed E-state index contributed by atoms with van der Waals surface area (Å²) in [7, 11) is -3.75. The molecular weight excluding hydrogens is 438 g/mol. The van der Waals surface area contributed by atoms with Crippen LogP contribution < -0.4 is 5.32 Å². The zero-order valence-electron chi connectivity index (χ0n) is 19.1. The van der Waals surface area contributed by atoms with E-state index < -0.39 is 16.1 Å². The lowest BCUT2D eigenvalue weighted by Crippen LogP contribution is -2.50. The lowest BCUT2D eigenvalue weighted by Gasteiger charge is -2.27. The fraction of sp³-hybridized carbons (Fsp3) is 0.440. The Balaban J connectivity index is 1.39. The molecule has 2 fully saturated rings. The maximum Gasteiger partial charge on any atom is 0.243 e. The van der Waals surface area contributed by atoms with Gasteiger partial charge in [0.05, 0.1) is 4.90 Å². The molecule has 8 heteroatoms. The largest absolute Gasteiger partial charge is 0.352 e. The lowest BCUT2D eigenvalue weighted by atomic mass is 10.00. The molecule has 3 atom stereocenters. The Bertz CT molecular complexity index is 1100. The molecule has 0 saturated carbocycles. The van der Waals surface area contributed by atoms with Crippen molar-refractivity contribution < 1.29 is 18.0 Å². The molecule has 0 bridgehead atoms. The number of rotatable bonds is 7. The Kier molecular flexibility index (Phi) is 6.86. The molecule has 4 rings (SSSR count). The third kappa shape index (κ3) is 5.12. The third-order valence-electron chi connectivity index (χ3n) is 6.67. The highest BCUT2D eigenvalue weighted by Crippen LogP contribution is 2.28. The van der Waals surface area contributed by atoms with Crippen molar-refractivity contribution in [2.75, 3.05) is 13.1 Å². The van der Waals surface area contributed by atoms with E-state index in [1.165, 1.54) is 4.31 Å². The molecule has 2 heterocycles. The van der Waals surface area contributed by atoms with Gasteiger partial charge in [-0.05, 0) is 44.4 Å². The maximum atomic E-state index is 13.2. The highest BCUT2D eigenvalue weighted by molar-refractivity contribution is 7.89. The van der Waals surface area contributed by atoms with Gasteiger partial charge in [-0.3, -0.25) is 9.59 Å². The Morgan fingerprint density at radius 1 is 1.12 bits per heavy atom. The molecule has 1 N–H and O–H groups in total. The number of nitrogens with zero attached hydrogens (tertiary/aromatic N) is 2. The van der Waals surface area contributed by atoms with Gasteiger partial charge in [0.15, 0.2) is 0 Å². The molecule has 0 spiro atoms. The third-order valence-corrected chi connectivity index (χ3v) is 8.59. The SMILES string of the molecule is Cc1ccc(S(=O)(=O)N2CCC[C@H]2C(=O)N[C@@H](C)[C@@H]2CC(=O)N(Cc3ccccc3)C2)cc1. The van der Waals surface area contributed by atoms with Crippen molar-refractivity contribution in [2.24, 2.45) is 5.92 Å². The number of aryl methyl sites for hydroxylation is 1. The first-order chi connectivity index (χ1) is 15.8. The predicted molar refractivity (Wildman–Crippen MR) is 126 cm³/mol. The number of benzene rings is 2. The molecule has 2 aliphatic rings. The topological polar surface area (TPSA) is 86.8 Å². The van der Waals surface area contributed by atoms with Crippen LogP contribution in [0.2, 0.25) is 0 Å². The van der Waals surface area contributed by atoms with Gasteiger partial charge < -0.3 is 10.2 Å². The standard InChI is InChI=1S/C25H31N3O4S/c1-18-10-12-22(13-11-18)33(31,32)28-14-6-9-23(28)25(30)26-19(2)21-15-24(29)27(17-21)16-20-7-4-3-5-8-20/h3-5,7-8,10-13,19,21,23H,6,9,14-17H2,1-2H3,(H,26,30)/t19-,21+,23-/m0/s1.